The van der Waals surface area contributed by atoms with Crippen molar-refractivity contribution in [2.24, 2.45) is 5.10 Å². The third-order valence-electron chi connectivity index (χ3n) is 5.32. The SMILES string of the molecule is C=CCc1cc(C=NNC(=O)CC(=O)Nc2ccc(OCC)cc2)cc(OCC)c1OCc1ccccc1Cl. The monoisotopic (exact) mass is 549 g/mol. The first-order valence-electron chi connectivity index (χ1n) is 12.5. The lowest BCUT2D eigenvalue weighted by Gasteiger charge is -2.17. The summed E-state index contributed by atoms with van der Waals surface area (Å²) in [7, 11) is 0. The van der Waals surface area contributed by atoms with Crippen molar-refractivity contribution in [1.82, 2.24) is 5.43 Å². The second-order valence-electron chi connectivity index (χ2n) is 8.29. The Labute approximate surface area is 233 Å². The summed E-state index contributed by atoms with van der Waals surface area (Å²) in [5.74, 6) is 0.811. The number of allylic oxidation sites excluding steroid dienone is 1. The number of nitrogens with one attached hydrogen (secondary N) is 2. The van der Waals surface area contributed by atoms with Crippen molar-refractivity contribution in [1.29, 1.82) is 0 Å². The number of anilines is 1. The summed E-state index contributed by atoms with van der Waals surface area (Å²) in [5.41, 5.74) is 5.32. The normalized spacial score (nSPS) is 10.6. The molecule has 0 aliphatic carbocycles. The molecule has 0 radical (unpaired) electrons. The minimum absolute atomic E-state index is 0.270. The van der Waals surface area contributed by atoms with Gasteiger partial charge in [0.2, 0.25) is 11.8 Å². The Balaban J connectivity index is 1.64. The van der Waals surface area contributed by atoms with E-state index in [1.54, 1.807) is 36.4 Å². The molecule has 39 heavy (non-hydrogen) atoms. The van der Waals surface area contributed by atoms with Crippen molar-refractivity contribution < 1.29 is 23.8 Å². The van der Waals surface area contributed by atoms with Gasteiger partial charge in [0.15, 0.2) is 11.5 Å². The molecule has 0 fully saturated rings. The van der Waals surface area contributed by atoms with Crippen LogP contribution in [0.1, 0.15) is 37.0 Å². The van der Waals surface area contributed by atoms with Crippen molar-refractivity contribution in [2.45, 2.75) is 33.3 Å². The summed E-state index contributed by atoms with van der Waals surface area (Å²) < 4.78 is 17.3. The summed E-state index contributed by atoms with van der Waals surface area (Å²) in [6.07, 6.45) is 3.39. The van der Waals surface area contributed by atoms with E-state index < -0.39 is 11.8 Å². The molecule has 2 amide bonds. The summed E-state index contributed by atoms with van der Waals surface area (Å²) in [6, 6.07) is 18.0. The van der Waals surface area contributed by atoms with E-state index in [0.29, 0.717) is 53.2 Å². The predicted octanol–water partition coefficient (Wildman–Crippen LogP) is 5.92. The Morgan fingerprint density at radius 1 is 0.949 bits per heavy atom. The van der Waals surface area contributed by atoms with Crippen LogP contribution >= 0.6 is 11.6 Å². The number of halogens is 1. The summed E-state index contributed by atoms with van der Waals surface area (Å²) in [6.45, 7) is 8.86. The molecule has 0 atom stereocenters. The second kappa shape index (κ2) is 15.2. The van der Waals surface area contributed by atoms with Gasteiger partial charge in [-0.1, -0.05) is 35.9 Å². The van der Waals surface area contributed by atoms with Crippen LogP contribution in [0.3, 0.4) is 0 Å². The minimum Gasteiger partial charge on any atom is -0.494 e. The maximum atomic E-state index is 12.2. The molecule has 3 aromatic rings. The second-order valence-corrected chi connectivity index (χ2v) is 8.70. The van der Waals surface area contributed by atoms with Gasteiger partial charge in [-0.3, -0.25) is 9.59 Å². The first kappa shape index (κ1) is 29.3. The average molecular weight is 550 g/mol. The maximum Gasteiger partial charge on any atom is 0.249 e. The fourth-order valence-corrected chi connectivity index (χ4v) is 3.82. The summed E-state index contributed by atoms with van der Waals surface area (Å²) in [4.78, 5) is 24.5. The zero-order valence-corrected chi connectivity index (χ0v) is 22.8. The number of amides is 2. The Kier molecular flexibility index (Phi) is 11.4. The maximum absolute atomic E-state index is 12.2. The molecule has 2 N–H and O–H groups in total. The highest BCUT2D eigenvalue weighted by Crippen LogP contribution is 2.34. The predicted molar refractivity (Wildman–Crippen MR) is 154 cm³/mol. The average Bonchev–Trinajstić information content (AvgIpc) is 2.91. The van der Waals surface area contributed by atoms with Crippen LogP contribution in [0.2, 0.25) is 5.02 Å². The minimum atomic E-state index is -0.550. The number of hydrogen-bond donors (Lipinski definition) is 2. The zero-order valence-electron chi connectivity index (χ0n) is 22.0. The van der Waals surface area contributed by atoms with Crippen LogP contribution in [0.5, 0.6) is 17.2 Å². The van der Waals surface area contributed by atoms with Crippen molar-refractivity contribution in [2.75, 3.05) is 18.5 Å². The van der Waals surface area contributed by atoms with E-state index in [0.717, 1.165) is 11.1 Å². The molecule has 0 saturated heterocycles. The number of hydrogen-bond acceptors (Lipinski definition) is 6. The fourth-order valence-electron chi connectivity index (χ4n) is 3.63. The number of benzene rings is 3. The highest BCUT2D eigenvalue weighted by molar-refractivity contribution is 6.31. The third kappa shape index (κ3) is 9.19. The number of rotatable bonds is 14. The van der Waals surface area contributed by atoms with Gasteiger partial charge >= 0.3 is 0 Å². The standard InChI is InChI=1S/C30H32ClN3O5/c1-4-9-22-16-21(17-27(38-6-3)30(22)39-20-23-10-7-8-11-26(23)31)19-32-34-29(36)18-28(35)33-24-12-14-25(15-13-24)37-5-2/h4,7-8,10-17,19H,1,5-6,9,18,20H2,2-3H3,(H,33,35)(H,34,36). The summed E-state index contributed by atoms with van der Waals surface area (Å²) in [5, 5.41) is 7.30. The van der Waals surface area contributed by atoms with Gasteiger partial charge in [-0.25, -0.2) is 5.43 Å². The summed E-state index contributed by atoms with van der Waals surface area (Å²) >= 11 is 6.28. The van der Waals surface area contributed by atoms with Gasteiger partial charge in [0.1, 0.15) is 18.8 Å². The van der Waals surface area contributed by atoms with E-state index in [1.807, 2.05) is 44.2 Å². The smallest absolute Gasteiger partial charge is 0.249 e. The third-order valence-corrected chi connectivity index (χ3v) is 5.69. The number of nitrogens with zero attached hydrogens (tertiary/aromatic N) is 1. The molecule has 0 aliphatic rings. The molecule has 9 heteroatoms. The van der Waals surface area contributed by atoms with E-state index in [-0.39, 0.29) is 13.0 Å². The molecule has 3 aromatic carbocycles. The Bertz CT molecular complexity index is 1310. The number of carbonyl (C=O) groups excluding carboxylic acids is 2. The van der Waals surface area contributed by atoms with Gasteiger partial charge in [0.25, 0.3) is 0 Å². The van der Waals surface area contributed by atoms with Gasteiger partial charge in [0, 0.05) is 21.8 Å². The van der Waals surface area contributed by atoms with E-state index in [4.69, 9.17) is 25.8 Å². The van der Waals surface area contributed by atoms with E-state index in [9.17, 15) is 9.59 Å². The van der Waals surface area contributed by atoms with Crippen LogP contribution in [-0.4, -0.2) is 31.2 Å². The molecule has 204 valence electrons. The molecule has 3 rings (SSSR count). The first-order chi connectivity index (χ1) is 18.9. The fraction of sp³-hybridized carbons (Fsp3) is 0.233. The number of ether oxygens (including phenoxy) is 3. The van der Waals surface area contributed by atoms with Gasteiger partial charge in [-0.15, -0.1) is 6.58 Å². The van der Waals surface area contributed by atoms with Crippen LogP contribution < -0.4 is 25.0 Å². The number of carbonyl (C=O) groups is 2. The Morgan fingerprint density at radius 2 is 1.69 bits per heavy atom. The van der Waals surface area contributed by atoms with E-state index in [1.165, 1.54) is 6.21 Å². The molecular formula is C30H32ClN3O5. The van der Waals surface area contributed by atoms with Crippen LogP contribution in [0, 0.1) is 0 Å². The number of hydrazone groups is 1. The molecule has 0 saturated carbocycles. The van der Waals surface area contributed by atoms with Crippen LogP contribution in [0.4, 0.5) is 5.69 Å². The lowest BCUT2D eigenvalue weighted by atomic mass is 10.1. The van der Waals surface area contributed by atoms with Gasteiger partial charge < -0.3 is 19.5 Å². The van der Waals surface area contributed by atoms with E-state index in [2.05, 4.69) is 22.4 Å². The quantitative estimate of drug-likeness (QED) is 0.112. The largest absolute Gasteiger partial charge is 0.494 e. The van der Waals surface area contributed by atoms with Crippen LogP contribution in [-0.2, 0) is 22.6 Å². The zero-order chi connectivity index (χ0) is 28.0. The van der Waals surface area contributed by atoms with E-state index >= 15 is 0 Å². The molecule has 0 heterocycles. The molecule has 0 spiro atoms. The molecule has 0 bridgehead atoms. The highest BCUT2D eigenvalue weighted by atomic mass is 35.5. The Hall–Kier alpha value is -4.30. The van der Waals surface area contributed by atoms with Crippen molar-refractivity contribution in [3.8, 4) is 17.2 Å². The van der Waals surface area contributed by atoms with Crippen molar-refractivity contribution >= 4 is 35.3 Å². The van der Waals surface area contributed by atoms with Crippen molar-refractivity contribution in [3.05, 3.63) is 95.0 Å². The molecular weight excluding hydrogens is 518 g/mol. The first-order valence-corrected chi connectivity index (χ1v) is 12.9. The van der Waals surface area contributed by atoms with Crippen molar-refractivity contribution in [3.63, 3.8) is 0 Å². The Morgan fingerprint density at radius 3 is 2.38 bits per heavy atom. The lowest BCUT2D eigenvalue weighted by Crippen LogP contribution is -2.24. The van der Waals surface area contributed by atoms with Crippen LogP contribution in [0.15, 0.2) is 78.4 Å². The molecule has 8 nitrogen and oxygen atoms in total. The lowest BCUT2D eigenvalue weighted by molar-refractivity contribution is -0.126. The molecule has 0 aromatic heterocycles. The van der Waals surface area contributed by atoms with Gasteiger partial charge in [-0.2, -0.15) is 5.10 Å². The van der Waals surface area contributed by atoms with Crippen LogP contribution in [0.25, 0.3) is 0 Å². The molecule has 0 aliphatic heterocycles. The van der Waals surface area contributed by atoms with Gasteiger partial charge in [-0.05, 0) is 68.3 Å². The molecule has 0 unspecified atom stereocenters. The topological polar surface area (TPSA) is 98.3 Å². The highest BCUT2D eigenvalue weighted by Gasteiger charge is 2.14. The van der Waals surface area contributed by atoms with Gasteiger partial charge in [0.05, 0.1) is 19.4 Å².